The quantitative estimate of drug-likeness (QED) is 0.790. The average molecular weight is 227 g/mol. The van der Waals surface area contributed by atoms with Gasteiger partial charge >= 0.3 is 0 Å². The van der Waals surface area contributed by atoms with Gasteiger partial charge in [-0.1, -0.05) is 19.3 Å². The number of ether oxygens (including phenoxy) is 2. The molecule has 1 aliphatic carbocycles. The number of hydrogen-bond acceptors (Lipinski definition) is 3. The van der Waals surface area contributed by atoms with Gasteiger partial charge in [-0.2, -0.15) is 0 Å². The van der Waals surface area contributed by atoms with Crippen LogP contribution in [0, 0.1) is 5.92 Å². The molecule has 0 spiro atoms. The van der Waals surface area contributed by atoms with Crippen LogP contribution in [0.15, 0.2) is 0 Å². The van der Waals surface area contributed by atoms with Gasteiger partial charge in [0.05, 0.1) is 13.2 Å². The molecule has 1 heterocycles. The number of rotatable bonds is 4. The smallest absolute Gasteiger partial charge is 0.223 e. The van der Waals surface area contributed by atoms with E-state index in [1.807, 2.05) is 0 Å². The fourth-order valence-electron chi connectivity index (χ4n) is 2.40. The third-order valence-electron chi connectivity index (χ3n) is 3.35. The van der Waals surface area contributed by atoms with Crippen LogP contribution in [-0.4, -0.2) is 32.0 Å². The molecule has 0 aromatic heterocycles. The molecule has 0 aromatic rings. The summed E-state index contributed by atoms with van der Waals surface area (Å²) >= 11 is 0. The summed E-state index contributed by atoms with van der Waals surface area (Å²) in [6.07, 6.45) is 6.46. The molecule has 0 aromatic carbocycles. The van der Waals surface area contributed by atoms with Crippen molar-refractivity contribution in [1.82, 2.24) is 5.32 Å². The number of amides is 1. The van der Waals surface area contributed by atoms with Crippen LogP contribution < -0.4 is 5.32 Å². The fourth-order valence-corrected chi connectivity index (χ4v) is 2.40. The van der Waals surface area contributed by atoms with Crippen LogP contribution in [0.3, 0.4) is 0 Å². The normalized spacial score (nSPS) is 23.5. The zero-order valence-electron chi connectivity index (χ0n) is 9.74. The molecule has 1 amide bonds. The van der Waals surface area contributed by atoms with Crippen molar-refractivity contribution in [2.75, 3.05) is 19.8 Å². The molecule has 0 atom stereocenters. The third kappa shape index (κ3) is 3.46. The standard InChI is InChI=1S/C12H21NO3/c14-12(10-4-2-1-3-5-10)13-7-6-11-15-8-9-16-11/h10-11H,1-9H2,(H,13,14). The molecule has 0 bridgehead atoms. The summed E-state index contributed by atoms with van der Waals surface area (Å²) in [6.45, 7) is 2.03. The predicted molar refractivity (Wildman–Crippen MR) is 59.9 cm³/mol. The number of carbonyl (C=O) groups is 1. The minimum absolute atomic E-state index is 0.105. The second-order valence-electron chi connectivity index (χ2n) is 4.59. The van der Waals surface area contributed by atoms with Crippen LogP contribution in [0.25, 0.3) is 0 Å². The summed E-state index contributed by atoms with van der Waals surface area (Å²) in [7, 11) is 0. The number of carbonyl (C=O) groups excluding carboxylic acids is 1. The topological polar surface area (TPSA) is 47.6 Å². The Morgan fingerprint density at radius 3 is 2.50 bits per heavy atom. The van der Waals surface area contributed by atoms with Crippen molar-refractivity contribution in [3.05, 3.63) is 0 Å². The van der Waals surface area contributed by atoms with E-state index < -0.39 is 0 Å². The van der Waals surface area contributed by atoms with Gasteiger partial charge in [0.25, 0.3) is 0 Å². The third-order valence-corrected chi connectivity index (χ3v) is 3.35. The maximum atomic E-state index is 11.8. The van der Waals surface area contributed by atoms with E-state index in [9.17, 15) is 4.79 Å². The van der Waals surface area contributed by atoms with E-state index >= 15 is 0 Å². The molecule has 1 N–H and O–H groups in total. The van der Waals surface area contributed by atoms with Gasteiger partial charge in [-0.15, -0.1) is 0 Å². The molecule has 4 nitrogen and oxygen atoms in total. The monoisotopic (exact) mass is 227 g/mol. The Morgan fingerprint density at radius 2 is 1.81 bits per heavy atom. The lowest BCUT2D eigenvalue weighted by Crippen LogP contribution is -2.33. The van der Waals surface area contributed by atoms with Crippen molar-refractivity contribution in [2.45, 2.75) is 44.8 Å². The molecule has 1 saturated heterocycles. The Bertz CT molecular complexity index is 220. The van der Waals surface area contributed by atoms with Gasteiger partial charge < -0.3 is 14.8 Å². The fraction of sp³-hybridized carbons (Fsp3) is 0.917. The van der Waals surface area contributed by atoms with Crippen molar-refractivity contribution in [1.29, 1.82) is 0 Å². The maximum absolute atomic E-state index is 11.8. The van der Waals surface area contributed by atoms with Gasteiger partial charge in [0.15, 0.2) is 6.29 Å². The minimum atomic E-state index is -0.105. The summed E-state index contributed by atoms with van der Waals surface area (Å²) in [5, 5.41) is 2.98. The SMILES string of the molecule is O=C(NCCC1OCCO1)C1CCCCC1. The van der Waals surface area contributed by atoms with Crippen molar-refractivity contribution in [2.24, 2.45) is 5.92 Å². The Morgan fingerprint density at radius 1 is 1.12 bits per heavy atom. The van der Waals surface area contributed by atoms with Crippen molar-refractivity contribution in [3.8, 4) is 0 Å². The molecular formula is C12H21NO3. The van der Waals surface area contributed by atoms with E-state index in [1.165, 1.54) is 19.3 Å². The van der Waals surface area contributed by atoms with Crippen molar-refractivity contribution in [3.63, 3.8) is 0 Å². The van der Waals surface area contributed by atoms with Gasteiger partial charge in [-0.3, -0.25) is 4.79 Å². The highest BCUT2D eigenvalue weighted by atomic mass is 16.7. The van der Waals surface area contributed by atoms with Crippen molar-refractivity contribution < 1.29 is 14.3 Å². The van der Waals surface area contributed by atoms with Gasteiger partial charge in [0.1, 0.15) is 0 Å². The summed E-state index contributed by atoms with van der Waals surface area (Å²) in [6, 6.07) is 0. The lowest BCUT2D eigenvalue weighted by molar-refractivity contribution is -0.126. The van der Waals surface area contributed by atoms with E-state index in [0.29, 0.717) is 19.8 Å². The van der Waals surface area contributed by atoms with Crippen LogP contribution >= 0.6 is 0 Å². The number of hydrogen-bond donors (Lipinski definition) is 1. The Kier molecular flexibility index (Phi) is 4.60. The average Bonchev–Trinajstić information content (AvgIpc) is 2.83. The van der Waals surface area contributed by atoms with Crippen LogP contribution in [-0.2, 0) is 14.3 Å². The Labute approximate surface area is 96.7 Å². The molecule has 0 radical (unpaired) electrons. The highest BCUT2D eigenvalue weighted by molar-refractivity contribution is 5.78. The lowest BCUT2D eigenvalue weighted by Gasteiger charge is -2.21. The zero-order chi connectivity index (χ0) is 11.2. The largest absolute Gasteiger partial charge is 0.356 e. The van der Waals surface area contributed by atoms with Gasteiger partial charge in [0, 0.05) is 18.9 Å². The second kappa shape index (κ2) is 6.21. The zero-order valence-corrected chi connectivity index (χ0v) is 9.74. The van der Waals surface area contributed by atoms with E-state index in [-0.39, 0.29) is 18.1 Å². The highest BCUT2D eigenvalue weighted by Crippen LogP contribution is 2.23. The predicted octanol–water partition coefficient (Wildman–Crippen LogP) is 1.45. The summed E-state index contributed by atoms with van der Waals surface area (Å²) in [5.41, 5.74) is 0. The molecule has 4 heteroatoms. The molecule has 16 heavy (non-hydrogen) atoms. The highest BCUT2D eigenvalue weighted by Gasteiger charge is 2.21. The molecule has 0 unspecified atom stereocenters. The van der Waals surface area contributed by atoms with Crippen LogP contribution in [0.4, 0.5) is 0 Å². The number of nitrogens with one attached hydrogen (secondary N) is 1. The first-order valence-corrected chi connectivity index (χ1v) is 6.37. The van der Waals surface area contributed by atoms with Crippen LogP contribution in [0.2, 0.25) is 0 Å². The molecule has 2 fully saturated rings. The molecule has 1 saturated carbocycles. The first-order valence-electron chi connectivity index (χ1n) is 6.37. The Balaban J connectivity index is 1.59. The lowest BCUT2D eigenvalue weighted by atomic mass is 9.89. The van der Waals surface area contributed by atoms with Crippen LogP contribution in [0.5, 0.6) is 0 Å². The summed E-state index contributed by atoms with van der Waals surface area (Å²) < 4.78 is 10.6. The van der Waals surface area contributed by atoms with Gasteiger partial charge in [-0.05, 0) is 12.8 Å². The maximum Gasteiger partial charge on any atom is 0.223 e. The molecule has 2 aliphatic rings. The second-order valence-corrected chi connectivity index (χ2v) is 4.59. The first kappa shape index (κ1) is 11.9. The molecular weight excluding hydrogens is 206 g/mol. The van der Waals surface area contributed by atoms with E-state index in [2.05, 4.69) is 5.32 Å². The van der Waals surface area contributed by atoms with Gasteiger partial charge in [-0.25, -0.2) is 0 Å². The summed E-state index contributed by atoms with van der Waals surface area (Å²) in [5.74, 6) is 0.469. The van der Waals surface area contributed by atoms with Crippen molar-refractivity contribution >= 4 is 5.91 Å². The van der Waals surface area contributed by atoms with E-state index in [4.69, 9.17) is 9.47 Å². The van der Waals surface area contributed by atoms with Crippen LogP contribution in [0.1, 0.15) is 38.5 Å². The Hall–Kier alpha value is -0.610. The molecule has 92 valence electrons. The minimum Gasteiger partial charge on any atom is -0.356 e. The molecule has 2 rings (SSSR count). The van der Waals surface area contributed by atoms with E-state index in [1.54, 1.807) is 0 Å². The summed E-state index contributed by atoms with van der Waals surface area (Å²) in [4.78, 5) is 11.8. The molecule has 1 aliphatic heterocycles. The van der Waals surface area contributed by atoms with Gasteiger partial charge in [0.2, 0.25) is 5.91 Å². The first-order chi connectivity index (χ1) is 7.86. The van der Waals surface area contributed by atoms with E-state index in [0.717, 1.165) is 19.3 Å².